The summed E-state index contributed by atoms with van der Waals surface area (Å²) in [4.78, 5) is 11.2. The predicted octanol–water partition coefficient (Wildman–Crippen LogP) is 3.84. The fourth-order valence-electron chi connectivity index (χ4n) is 3.45. The molecular formula is C17H30O4. The molecule has 1 aliphatic heterocycles. The summed E-state index contributed by atoms with van der Waals surface area (Å²) in [6, 6.07) is 0. The summed E-state index contributed by atoms with van der Waals surface area (Å²) in [5.74, 6) is 0.493. The van der Waals surface area contributed by atoms with E-state index in [-0.39, 0.29) is 19.5 Å². The van der Waals surface area contributed by atoms with Crippen LogP contribution in [0.1, 0.15) is 65.2 Å². The molecule has 4 heteroatoms. The van der Waals surface area contributed by atoms with Gasteiger partial charge in [-0.05, 0) is 38.5 Å². The molecule has 1 heterocycles. The zero-order chi connectivity index (χ0) is 15.3. The Morgan fingerprint density at radius 1 is 1.14 bits per heavy atom. The molecule has 2 aliphatic rings. The molecule has 0 amide bonds. The largest absolute Gasteiger partial charge is 0.481 e. The van der Waals surface area contributed by atoms with Crippen LogP contribution in [0.4, 0.5) is 0 Å². The standard InChI is InChI=1S/C17H30O4/c1-3-4-5-6-13-7-9-14(10-8-13)15-20-11-17(2,12-21-15)16(18)19/h13-15H,3-12H2,1-2H3,(H,18,19)/t13-,14-,15?,17?. The molecule has 0 aromatic carbocycles. The van der Waals surface area contributed by atoms with Gasteiger partial charge < -0.3 is 14.6 Å². The minimum Gasteiger partial charge on any atom is -0.481 e. The van der Waals surface area contributed by atoms with Gasteiger partial charge in [-0.25, -0.2) is 0 Å². The Hall–Kier alpha value is -0.610. The third-order valence-corrected chi connectivity index (χ3v) is 5.14. The van der Waals surface area contributed by atoms with Gasteiger partial charge in [0.25, 0.3) is 0 Å². The van der Waals surface area contributed by atoms with Crippen LogP contribution in [-0.4, -0.2) is 30.6 Å². The summed E-state index contributed by atoms with van der Waals surface area (Å²) in [6.07, 6.45) is 10.0. The Balaban J connectivity index is 1.70. The highest BCUT2D eigenvalue weighted by Crippen LogP contribution is 2.37. The molecule has 1 saturated carbocycles. The number of hydrogen-bond donors (Lipinski definition) is 1. The van der Waals surface area contributed by atoms with E-state index < -0.39 is 11.4 Å². The Labute approximate surface area is 128 Å². The van der Waals surface area contributed by atoms with E-state index in [1.165, 1.54) is 38.5 Å². The van der Waals surface area contributed by atoms with Gasteiger partial charge in [0.05, 0.1) is 13.2 Å². The van der Waals surface area contributed by atoms with Gasteiger partial charge in [0.2, 0.25) is 0 Å². The van der Waals surface area contributed by atoms with Gasteiger partial charge >= 0.3 is 5.97 Å². The normalized spacial score (nSPS) is 37.3. The molecule has 122 valence electrons. The number of unbranched alkanes of at least 4 members (excludes halogenated alkanes) is 2. The second kappa shape index (κ2) is 7.59. The number of hydrogen-bond acceptors (Lipinski definition) is 3. The maximum Gasteiger partial charge on any atom is 0.314 e. The number of aliphatic carboxylic acids is 1. The van der Waals surface area contributed by atoms with Crippen LogP contribution in [0.15, 0.2) is 0 Å². The van der Waals surface area contributed by atoms with Crippen LogP contribution in [0.25, 0.3) is 0 Å². The maximum atomic E-state index is 11.2. The second-order valence-electron chi connectivity index (χ2n) is 7.13. The van der Waals surface area contributed by atoms with Crippen molar-refractivity contribution in [3.05, 3.63) is 0 Å². The first-order valence-corrected chi connectivity index (χ1v) is 8.52. The van der Waals surface area contributed by atoms with Gasteiger partial charge in [0, 0.05) is 5.92 Å². The monoisotopic (exact) mass is 298 g/mol. The molecule has 0 aromatic rings. The number of carboxylic acids is 1. The highest BCUT2D eigenvalue weighted by Gasteiger charge is 2.42. The van der Waals surface area contributed by atoms with E-state index in [0.29, 0.717) is 5.92 Å². The summed E-state index contributed by atoms with van der Waals surface area (Å²) >= 11 is 0. The van der Waals surface area contributed by atoms with E-state index in [2.05, 4.69) is 6.92 Å². The molecule has 4 nitrogen and oxygen atoms in total. The van der Waals surface area contributed by atoms with Crippen molar-refractivity contribution in [2.24, 2.45) is 17.3 Å². The van der Waals surface area contributed by atoms with E-state index in [9.17, 15) is 9.90 Å². The van der Waals surface area contributed by atoms with E-state index in [0.717, 1.165) is 18.8 Å². The lowest BCUT2D eigenvalue weighted by atomic mass is 9.79. The summed E-state index contributed by atoms with van der Waals surface area (Å²) in [7, 11) is 0. The third kappa shape index (κ3) is 4.43. The molecule has 0 aromatic heterocycles. The summed E-state index contributed by atoms with van der Waals surface area (Å²) in [5, 5.41) is 9.17. The van der Waals surface area contributed by atoms with Crippen molar-refractivity contribution in [3.8, 4) is 0 Å². The van der Waals surface area contributed by atoms with Gasteiger partial charge in [-0.15, -0.1) is 0 Å². The van der Waals surface area contributed by atoms with Gasteiger partial charge in [0.15, 0.2) is 6.29 Å². The van der Waals surface area contributed by atoms with E-state index >= 15 is 0 Å². The second-order valence-corrected chi connectivity index (χ2v) is 7.13. The zero-order valence-corrected chi connectivity index (χ0v) is 13.5. The molecule has 1 aliphatic carbocycles. The topological polar surface area (TPSA) is 55.8 Å². The molecule has 0 radical (unpaired) electrons. The van der Waals surface area contributed by atoms with Crippen molar-refractivity contribution >= 4 is 5.97 Å². The van der Waals surface area contributed by atoms with Crippen LogP contribution in [-0.2, 0) is 14.3 Å². The summed E-state index contributed by atoms with van der Waals surface area (Å²) < 4.78 is 11.5. The summed E-state index contributed by atoms with van der Waals surface area (Å²) in [5.41, 5.74) is -0.881. The van der Waals surface area contributed by atoms with Crippen molar-refractivity contribution in [1.82, 2.24) is 0 Å². The molecule has 1 saturated heterocycles. The predicted molar refractivity (Wildman–Crippen MR) is 81.0 cm³/mol. The minimum atomic E-state index is -0.881. The number of carboxylic acid groups (broad SMARTS) is 1. The van der Waals surface area contributed by atoms with E-state index in [4.69, 9.17) is 9.47 Å². The zero-order valence-electron chi connectivity index (χ0n) is 13.5. The lowest BCUT2D eigenvalue weighted by Crippen LogP contribution is -2.47. The SMILES string of the molecule is CCCCC[C@H]1CC[C@H](C2OCC(C)(C(=O)O)CO2)CC1. The molecule has 2 rings (SSSR count). The Kier molecular flexibility index (Phi) is 6.06. The molecule has 0 bridgehead atoms. The quantitative estimate of drug-likeness (QED) is 0.757. The van der Waals surface area contributed by atoms with Crippen LogP contribution < -0.4 is 0 Å². The van der Waals surface area contributed by atoms with Crippen molar-refractivity contribution in [3.63, 3.8) is 0 Å². The van der Waals surface area contributed by atoms with Crippen molar-refractivity contribution in [2.45, 2.75) is 71.5 Å². The van der Waals surface area contributed by atoms with Crippen LogP contribution in [0.5, 0.6) is 0 Å². The first-order chi connectivity index (χ1) is 10.0. The number of carbonyl (C=O) groups is 1. The average Bonchev–Trinajstić information content (AvgIpc) is 2.49. The van der Waals surface area contributed by atoms with E-state index in [1.54, 1.807) is 6.92 Å². The first-order valence-electron chi connectivity index (χ1n) is 8.52. The van der Waals surface area contributed by atoms with Gasteiger partial charge in [0.1, 0.15) is 5.41 Å². The lowest BCUT2D eigenvalue weighted by Gasteiger charge is -2.40. The number of ether oxygens (including phenoxy) is 2. The Bertz CT molecular complexity index is 326. The van der Waals surface area contributed by atoms with Crippen LogP contribution in [0.2, 0.25) is 0 Å². The number of rotatable bonds is 6. The van der Waals surface area contributed by atoms with Crippen molar-refractivity contribution in [1.29, 1.82) is 0 Å². The Morgan fingerprint density at radius 3 is 2.29 bits per heavy atom. The fraction of sp³-hybridized carbons (Fsp3) is 0.941. The van der Waals surface area contributed by atoms with Crippen LogP contribution in [0.3, 0.4) is 0 Å². The smallest absolute Gasteiger partial charge is 0.314 e. The average molecular weight is 298 g/mol. The molecule has 2 fully saturated rings. The van der Waals surface area contributed by atoms with Crippen molar-refractivity contribution < 1.29 is 19.4 Å². The van der Waals surface area contributed by atoms with Crippen molar-refractivity contribution in [2.75, 3.05) is 13.2 Å². The molecular weight excluding hydrogens is 268 g/mol. The Morgan fingerprint density at radius 2 is 1.76 bits per heavy atom. The van der Waals surface area contributed by atoms with Gasteiger partial charge in [-0.3, -0.25) is 4.79 Å². The molecule has 0 unspecified atom stereocenters. The highest BCUT2D eigenvalue weighted by molar-refractivity contribution is 5.74. The highest BCUT2D eigenvalue weighted by atomic mass is 16.7. The third-order valence-electron chi connectivity index (χ3n) is 5.14. The maximum absolute atomic E-state index is 11.2. The molecule has 0 atom stereocenters. The van der Waals surface area contributed by atoms with Crippen LogP contribution >= 0.6 is 0 Å². The summed E-state index contributed by atoms with van der Waals surface area (Å²) in [6.45, 7) is 4.47. The van der Waals surface area contributed by atoms with Gasteiger partial charge in [-0.1, -0.05) is 32.6 Å². The minimum absolute atomic E-state index is 0.186. The molecule has 0 spiro atoms. The molecule has 1 N–H and O–H groups in total. The first kappa shape index (κ1) is 16.8. The van der Waals surface area contributed by atoms with Crippen LogP contribution in [0, 0.1) is 17.3 Å². The molecule has 21 heavy (non-hydrogen) atoms. The fourth-order valence-corrected chi connectivity index (χ4v) is 3.45. The van der Waals surface area contributed by atoms with Gasteiger partial charge in [-0.2, -0.15) is 0 Å². The lowest BCUT2D eigenvalue weighted by molar-refractivity contribution is -0.251. The van der Waals surface area contributed by atoms with E-state index in [1.807, 2.05) is 0 Å².